The van der Waals surface area contributed by atoms with Gasteiger partial charge in [0.15, 0.2) is 6.10 Å². The van der Waals surface area contributed by atoms with E-state index in [0.29, 0.717) is 12.8 Å². The van der Waals surface area contributed by atoms with Crippen molar-refractivity contribution in [2.45, 2.75) is 148 Å². The Morgan fingerprint density at radius 2 is 1.10 bits per heavy atom. The minimum atomic E-state index is -4.62. The van der Waals surface area contributed by atoms with E-state index in [4.69, 9.17) is 19.1 Å². The number of ether oxygens (including phenoxy) is 2. The van der Waals surface area contributed by atoms with Crippen LogP contribution in [0.5, 0.6) is 0 Å². The van der Waals surface area contributed by atoms with E-state index in [2.05, 4.69) is 79.1 Å². The number of hydrogen-bond donors (Lipinski definition) is 3. The fourth-order valence-corrected chi connectivity index (χ4v) is 5.30. The molecule has 11 heteroatoms. The number of esters is 2. The molecule has 288 valence electrons. The van der Waals surface area contributed by atoms with Gasteiger partial charge in [-0.15, -0.1) is 0 Å². The van der Waals surface area contributed by atoms with Crippen LogP contribution in [0.1, 0.15) is 136 Å². The summed E-state index contributed by atoms with van der Waals surface area (Å²) in [5, 5.41) is 18.3. The van der Waals surface area contributed by atoms with Crippen LogP contribution in [0, 0.1) is 0 Å². The van der Waals surface area contributed by atoms with Crippen LogP contribution in [-0.2, 0) is 32.7 Å². The SMILES string of the molecule is CC/C=C/C/C=C/C/C=C/C/C=C/CCCCC(=O)OC[C@H](COP(=O)(O)OC[C@@H](O)CO)OC(=O)CCCCCCC/C=C/CCCCC. The Hall–Kier alpha value is -2.33. The summed E-state index contributed by atoms with van der Waals surface area (Å²) in [6.07, 6.45) is 36.2. The minimum absolute atomic E-state index is 0.162. The molecule has 0 rings (SSSR count). The zero-order chi connectivity index (χ0) is 37.0. The van der Waals surface area contributed by atoms with Gasteiger partial charge in [0.2, 0.25) is 0 Å². The van der Waals surface area contributed by atoms with Crippen molar-refractivity contribution in [3.8, 4) is 0 Å². The Morgan fingerprint density at radius 1 is 0.620 bits per heavy atom. The van der Waals surface area contributed by atoms with Crippen LogP contribution in [0.15, 0.2) is 60.8 Å². The highest BCUT2D eigenvalue weighted by Gasteiger charge is 2.27. The molecule has 0 aromatic carbocycles. The molecule has 0 bridgehead atoms. The number of aliphatic hydroxyl groups is 2. The quantitative estimate of drug-likeness (QED) is 0.0254. The molecule has 0 radical (unpaired) electrons. The average molecular weight is 727 g/mol. The molecule has 0 spiro atoms. The number of aliphatic hydroxyl groups excluding tert-OH is 2. The van der Waals surface area contributed by atoms with Crippen molar-refractivity contribution >= 4 is 19.8 Å². The summed E-state index contributed by atoms with van der Waals surface area (Å²) in [6.45, 7) is 2.15. The van der Waals surface area contributed by atoms with Gasteiger partial charge in [0.25, 0.3) is 0 Å². The second-order valence-electron chi connectivity index (χ2n) is 12.2. The van der Waals surface area contributed by atoms with E-state index < -0.39 is 51.8 Å². The highest BCUT2D eigenvalue weighted by atomic mass is 31.2. The van der Waals surface area contributed by atoms with Gasteiger partial charge in [0, 0.05) is 12.8 Å². The summed E-state index contributed by atoms with van der Waals surface area (Å²) in [4.78, 5) is 34.8. The third-order valence-corrected chi connectivity index (χ3v) is 8.36. The number of carbonyl (C=O) groups excluding carboxylic acids is 2. The third-order valence-electron chi connectivity index (χ3n) is 7.41. The van der Waals surface area contributed by atoms with Gasteiger partial charge < -0.3 is 24.6 Å². The van der Waals surface area contributed by atoms with Crippen LogP contribution in [0.25, 0.3) is 0 Å². The van der Waals surface area contributed by atoms with Crippen molar-refractivity contribution in [1.82, 2.24) is 0 Å². The van der Waals surface area contributed by atoms with Gasteiger partial charge in [-0.05, 0) is 77.0 Å². The Morgan fingerprint density at radius 3 is 1.72 bits per heavy atom. The van der Waals surface area contributed by atoms with Gasteiger partial charge in [0.05, 0.1) is 19.8 Å². The molecule has 0 aliphatic heterocycles. The molecular weight excluding hydrogens is 659 g/mol. The normalized spacial score (nSPS) is 14.7. The zero-order valence-corrected chi connectivity index (χ0v) is 31.7. The van der Waals surface area contributed by atoms with Gasteiger partial charge >= 0.3 is 19.8 Å². The Bertz CT molecular complexity index is 1020. The van der Waals surface area contributed by atoms with Gasteiger partial charge in [0.1, 0.15) is 12.7 Å². The first-order valence-corrected chi connectivity index (χ1v) is 20.2. The van der Waals surface area contributed by atoms with Gasteiger partial charge in [-0.3, -0.25) is 18.6 Å². The van der Waals surface area contributed by atoms with E-state index >= 15 is 0 Å². The predicted molar refractivity (Wildman–Crippen MR) is 200 cm³/mol. The third kappa shape index (κ3) is 34.1. The van der Waals surface area contributed by atoms with E-state index in [9.17, 15) is 24.2 Å². The minimum Gasteiger partial charge on any atom is -0.462 e. The lowest BCUT2D eigenvalue weighted by atomic mass is 10.1. The second kappa shape index (κ2) is 35.1. The van der Waals surface area contributed by atoms with Crippen molar-refractivity contribution in [2.24, 2.45) is 0 Å². The Balaban J connectivity index is 4.48. The zero-order valence-electron chi connectivity index (χ0n) is 30.8. The number of phosphoric acid groups is 1. The van der Waals surface area contributed by atoms with E-state index in [-0.39, 0.29) is 19.4 Å². The maximum absolute atomic E-state index is 12.5. The largest absolute Gasteiger partial charge is 0.472 e. The van der Waals surface area contributed by atoms with Crippen LogP contribution in [0.3, 0.4) is 0 Å². The highest BCUT2D eigenvalue weighted by Crippen LogP contribution is 2.43. The molecule has 1 unspecified atom stereocenters. The Labute approximate surface area is 302 Å². The fourth-order valence-electron chi connectivity index (χ4n) is 4.51. The summed E-state index contributed by atoms with van der Waals surface area (Å²) >= 11 is 0. The number of rotatable bonds is 34. The lowest BCUT2D eigenvalue weighted by Crippen LogP contribution is -2.29. The highest BCUT2D eigenvalue weighted by molar-refractivity contribution is 7.47. The smallest absolute Gasteiger partial charge is 0.462 e. The summed E-state index contributed by atoms with van der Waals surface area (Å²) < 4.78 is 32.5. The van der Waals surface area contributed by atoms with Crippen molar-refractivity contribution in [2.75, 3.05) is 26.4 Å². The number of unbranched alkanes of at least 4 members (excludes halogenated alkanes) is 10. The molecule has 0 aliphatic carbocycles. The van der Waals surface area contributed by atoms with Crippen LogP contribution < -0.4 is 0 Å². The maximum atomic E-state index is 12.5. The van der Waals surface area contributed by atoms with Crippen molar-refractivity contribution in [1.29, 1.82) is 0 Å². The number of carbonyl (C=O) groups is 2. The van der Waals surface area contributed by atoms with Crippen molar-refractivity contribution < 1.29 is 47.8 Å². The average Bonchev–Trinajstić information content (AvgIpc) is 3.10. The van der Waals surface area contributed by atoms with E-state index in [1.807, 2.05) is 0 Å². The molecule has 0 heterocycles. The van der Waals surface area contributed by atoms with E-state index in [1.165, 1.54) is 19.3 Å². The van der Waals surface area contributed by atoms with Crippen LogP contribution >= 0.6 is 7.82 Å². The molecule has 50 heavy (non-hydrogen) atoms. The first kappa shape index (κ1) is 47.7. The topological polar surface area (TPSA) is 149 Å². The molecule has 0 fully saturated rings. The standard InChI is InChI=1S/C39H67O10P/c1-3-5-7-9-11-13-15-17-18-19-21-22-24-26-28-30-38(42)46-34-37(35-48-50(44,45)47-33-36(41)32-40)49-39(43)31-29-27-25-23-20-16-14-12-10-8-6-4-2/h5,7,11-14,17-18,21-22,36-37,40-41H,3-4,6,8-10,15-16,19-20,23-35H2,1-2H3,(H,44,45)/b7-5+,13-11+,14-12+,18-17+,22-21+/t36-,37+/m0/s1. The Kier molecular flexibility index (Phi) is 33.5. The molecule has 0 aromatic rings. The molecule has 10 nitrogen and oxygen atoms in total. The summed E-state index contributed by atoms with van der Waals surface area (Å²) in [6, 6.07) is 0. The van der Waals surface area contributed by atoms with E-state index in [1.54, 1.807) is 0 Å². The molecule has 0 aromatic heterocycles. The van der Waals surface area contributed by atoms with Gasteiger partial charge in [-0.2, -0.15) is 0 Å². The predicted octanol–water partition coefficient (Wildman–Crippen LogP) is 9.16. The van der Waals surface area contributed by atoms with Crippen molar-refractivity contribution in [3.63, 3.8) is 0 Å². The lowest BCUT2D eigenvalue weighted by Gasteiger charge is -2.20. The molecule has 0 saturated heterocycles. The molecular formula is C39H67O10P. The summed E-state index contributed by atoms with van der Waals surface area (Å²) in [7, 11) is -4.62. The number of phosphoric ester groups is 1. The maximum Gasteiger partial charge on any atom is 0.472 e. The second-order valence-corrected chi connectivity index (χ2v) is 13.7. The lowest BCUT2D eigenvalue weighted by molar-refractivity contribution is -0.161. The monoisotopic (exact) mass is 726 g/mol. The van der Waals surface area contributed by atoms with E-state index in [0.717, 1.165) is 77.0 Å². The van der Waals surface area contributed by atoms with Crippen LogP contribution in [0.2, 0.25) is 0 Å². The fraction of sp³-hybridized carbons (Fsp3) is 0.692. The van der Waals surface area contributed by atoms with Crippen LogP contribution in [-0.4, -0.2) is 65.7 Å². The summed E-state index contributed by atoms with van der Waals surface area (Å²) in [5.74, 6) is -0.992. The molecule has 3 N–H and O–H groups in total. The van der Waals surface area contributed by atoms with Crippen molar-refractivity contribution in [3.05, 3.63) is 60.8 Å². The van der Waals surface area contributed by atoms with Gasteiger partial charge in [-0.25, -0.2) is 4.57 Å². The number of allylic oxidation sites excluding steroid dienone is 10. The first-order chi connectivity index (χ1) is 24.2. The number of hydrogen-bond acceptors (Lipinski definition) is 9. The van der Waals surface area contributed by atoms with Crippen LogP contribution in [0.4, 0.5) is 0 Å². The molecule has 0 aliphatic rings. The molecule has 0 saturated carbocycles. The first-order valence-electron chi connectivity index (χ1n) is 18.7. The molecule has 3 atom stereocenters. The molecule has 0 amide bonds. The summed E-state index contributed by atoms with van der Waals surface area (Å²) in [5.41, 5.74) is 0. The van der Waals surface area contributed by atoms with Gasteiger partial charge in [-0.1, -0.05) is 107 Å².